The quantitative estimate of drug-likeness (QED) is 0.0997. The highest BCUT2D eigenvalue weighted by Crippen LogP contribution is 2.38. The van der Waals surface area contributed by atoms with Crippen molar-refractivity contribution in [2.45, 2.75) is 0 Å². The van der Waals surface area contributed by atoms with Crippen molar-refractivity contribution in [3.05, 3.63) is 199 Å². The molecule has 0 aliphatic carbocycles. The maximum atomic E-state index is 9.34. The number of aliphatic imine (C=N–C) groups is 1. The Balaban J connectivity index is 1.22. The van der Waals surface area contributed by atoms with Gasteiger partial charge in [-0.05, 0) is 78.7 Å². The van der Waals surface area contributed by atoms with Crippen LogP contribution in [0.2, 0.25) is 0 Å². The Bertz CT molecular complexity index is 2770. The summed E-state index contributed by atoms with van der Waals surface area (Å²) in [6.07, 6.45) is 3.93. The predicted molar refractivity (Wildman–Crippen MR) is 220 cm³/mol. The second-order valence-electron chi connectivity index (χ2n) is 12.7. The number of thiophene rings is 1. The van der Waals surface area contributed by atoms with Crippen LogP contribution in [0.5, 0.6) is 0 Å². The summed E-state index contributed by atoms with van der Waals surface area (Å²) in [6.45, 7) is 0. The van der Waals surface area contributed by atoms with Crippen LogP contribution in [0.4, 0.5) is 0 Å². The van der Waals surface area contributed by atoms with Crippen LogP contribution in [0, 0.1) is 5.41 Å². The van der Waals surface area contributed by atoms with Crippen molar-refractivity contribution < 1.29 is 0 Å². The molecular formula is C48H32N2S. The molecule has 0 unspecified atom stereocenters. The molecule has 1 N–H and O–H groups in total. The molecule has 0 saturated carbocycles. The minimum Gasteiger partial charge on any atom is -0.300 e. The molecule has 0 saturated heterocycles. The highest BCUT2D eigenvalue weighted by atomic mass is 32.1. The van der Waals surface area contributed by atoms with Crippen molar-refractivity contribution in [1.82, 2.24) is 0 Å². The number of allylic oxidation sites excluding steroid dienone is 1. The Labute approximate surface area is 300 Å². The topological polar surface area (TPSA) is 36.2 Å². The van der Waals surface area contributed by atoms with Gasteiger partial charge in [0, 0.05) is 32.5 Å². The van der Waals surface area contributed by atoms with Gasteiger partial charge in [-0.2, -0.15) is 0 Å². The zero-order chi connectivity index (χ0) is 34.1. The van der Waals surface area contributed by atoms with Gasteiger partial charge in [0.2, 0.25) is 0 Å². The first-order valence-corrected chi connectivity index (χ1v) is 17.9. The van der Waals surface area contributed by atoms with Crippen LogP contribution in [0.1, 0.15) is 16.7 Å². The van der Waals surface area contributed by atoms with Crippen LogP contribution in [0.25, 0.3) is 69.7 Å². The van der Waals surface area contributed by atoms with Crippen LogP contribution < -0.4 is 0 Å². The summed E-state index contributed by atoms with van der Waals surface area (Å²) < 4.78 is 1.25. The number of rotatable bonds is 7. The van der Waals surface area contributed by atoms with Crippen LogP contribution >= 0.6 is 11.3 Å². The SMILES string of the molecule is N=C(/C=C(\N=Cc1c2ccccc2cc2c1ccc1ccccc12)c1ccccc1-c1cc2ccccc2s1)c1ccc(-c2ccccc2)cc1. The van der Waals surface area contributed by atoms with E-state index in [1.54, 1.807) is 11.3 Å². The fourth-order valence-corrected chi connectivity index (χ4v) is 8.14. The molecule has 240 valence electrons. The first kappa shape index (κ1) is 30.6. The lowest BCUT2D eigenvalue weighted by Gasteiger charge is -2.12. The maximum absolute atomic E-state index is 9.34. The van der Waals surface area contributed by atoms with E-state index in [0.29, 0.717) is 5.71 Å². The Hall–Kier alpha value is -6.42. The molecule has 0 amide bonds. The molecule has 9 rings (SSSR count). The molecule has 1 heterocycles. The van der Waals surface area contributed by atoms with E-state index in [-0.39, 0.29) is 0 Å². The molecule has 0 fully saturated rings. The molecule has 0 spiro atoms. The fourth-order valence-electron chi connectivity index (χ4n) is 7.04. The van der Waals surface area contributed by atoms with Gasteiger partial charge >= 0.3 is 0 Å². The number of nitrogens with one attached hydrogen (secondary N) is 1. The van der Waals surface area contributed by atoms with E-state index in [2.05, 4.69) is 146 Å². The molecule has 9 aromatic rings. The fraction of sp³-hybridized carbons (Fsp3) is 0. The number of benzene rings is 8. The molecule has 2 nitrogen and oxygen atoms in total. The average Bonchev–Trinajstić information content (AvgIpc) is 3.64. The second kappa shape index (κ2) is 13.1. The molecule has 1 aromatic heterocycles. The van der Waals surface area contributed by atoms with Gasteiger partial charge in [-0.1, -0.05) is 158 Å². The van der Waals surface area contributed by atoms with Gasteiger partial charge in [0.25, 0.3) is 0 Å². The van der Waals surface area contributed by atoms with Crippen molar-refractivity contribution in [3.63, 3.8) is 0 Å². The highest BCUT2D eigenvalue weighted by molar-refractivity contribution is 7.22. The molecule has 51 heavy (non-hydrogen) atoms. The lowest BCUT2D eigenvalue weighted by Crippen LogP contribution is -1.98. The normalized spacial score (nSPS) is 12.0. The van der Waals surface area contributed by atoms with E-state index in [1.165, 1.54) is 36.5 Å². The number of hydrogen-bond donors (Lipinski definition) is 1. The standard InChI is InChI=1S/C48H32N2S/c49-45(35-24-22-33(23-25-35)32-12-2-1-3-13-32)30-46(41-19-9-10-20-42(41)48-29-37-16-6-11-21-47(37)51-48)50-31-44-39-18-8-5-15-36(39)28-43-38-17-7-4-14-34(38)26-27-40(43)44/h1-31,49H/b46-30-,49-45?,50-31?. The van der Waals surface area contributed by atoms with Gasteiger partial charge in [-0.15, -0.1) is 11.3 Å². The van der Waals surface area contributed by atoms with Gasteiger partial charge in [0.15, 0.2) is 0 Å². The van der Waals surface area contributed by atoms with E-state index in [9.17, 15) is 5.41 Å². The van der Waals surface area contributed by atoms with E-state index >= 15 is 0 Å². The van der Waals surface area contributed by atoms with Crippen LogP contribution in [0.15, 0.2) is 187 Å². The second-order valence-corrected chi connectivity index (χ2v) is 13.8. The minimum atomic E-state index is 0.404. The number of fused-ring (bicyclic) bond motifs is 5. The predicted octanol–water partition coefficient (Wildman–Crippen LogP) is 13.2. The van der Waals surface area contributed by atoms with E-state index in [0.717, 1.165) is 49.9 Å². The molecule has 0 aliphatic rings. The van der Waals surface area contributed by atoms with Gasteiger partial charge < -0.3 is 5.41 Å². The summed E-state index contributed by atoms with van der Waals surface area (Å²) in [5, 5.41) is 17.7. The van der Waals surface area contributed by atoms with Crippen LogP contribution in [0.3, 0.4) is 0 Å². The van der Waals surface area contributed by atoms with Crippen molar-refractivity contribution in [2.24, 2.45) is 4.99 Å². The molecule has 0 bridgehead atoms. The van der Waals surface area contributed by atoms with Gasteiger partial charge in [-0.25, -0.2) is 0 Å². The summed E-state index contributed by atoms with van der Waals surface area (Å²) in [6, 6.07) is 61.6. The summed E-state index contributed by atoms with van der Waals surface area (Å²) in [7, 11) is 0. The molecule has 0 aliphatic heterocycles. The van der Waals surface area contributed by atoms with E-state index in [1.807, 2.05) is 42.6 Å². The van der Waals surface area contributed by atoms with Crippen molar-refractivity contribution >= 4 is 71.4 Å². The largest absolute Gasteiger partial charge is 0.300 e. The number of nitrogens with zero attached hydrogens (tertiary/aromatic N) is 1. The Morgan fingerprint density at radius 3 is 2.00 bits per heavy atom. The summed E-state index contributed by atoms with van der Waals surface area (Å²) in [5.74, 6) is 0. The van der Waals surface area contributed by atoms with Gasteiger partial charge in [0.1, 0.15) is 0 Å². The van der Waals surface area contributed by atoms with Crippen LogP contribution in [-0.4, -0.2) is 11.9 Å². The first-order chi connectivity index (χ1) is 25.2. The van der Waals surface area contributed by atoms with Crippen LogP contribution in [-0.2, 0) is 0 Å². The molecule has 8 aromatic carbocycles. The third-order valence-electron chi connectivity index (χ3n) is 9.62. The van der Waals surface area contributed by atoms with Gasteiger partial charge in [0.05, 0.1) is 11.4 Å². The van der Waals surface area contributed by atoms with Crippen molar-refractivity contribution in [2.75, 3.05) is 0 Å². The summed E-state index contributed by atoms with van der Waals surface area (Å²) in [4.78, 5) is 6.49. The van der Waals surface area contributed by atoms with Crippen molar-refractivity contribution in [3.8, 4) is 21.6 Å². The Morgan fingerprint density at radius 2 is 1.18 bits per heavy atom. The molecule has 0 radical (unpaired) electrons. The van der Waals surface area contributed by atoms with Gasteiger partial charge in [-0.3, -0.25) is 4.99 Å². The number of hydrogen-bond acceptors (Lipinski definition) is 3. The maximum Gasteiger partial charge on any atom is 0.0730 e. The zero-order valence-electron chi connectivity index (χ0n) is 27.8. The monoisotopic (exact) mass is 668 g/mol. The molecule has 0 atom stereocenters. The molecule has 3 heteroatoms. The third kappa shape index (κ3) is 5.84. The summed E-state index contributed by atoms with van der Waals surface area (Å²) >= 11 is 1.78. The Kier molecular flexibility index (Phi) is 7.88. The van der Waals surface area contributed by atoms with E-state index < -0.39 is 0 Å². The third-order valence-corrected chi connectivity index (χ3v) is 10.8. The summed E-state index contributed by atoms with van der Waals surface area (Å²) in [5.41, 5.74) is 7.41. The van der Waals surface area contributed by atoms with Crippen molar-refractivity contribution in [1.29, 1.82) is 5.41 Å². The highest BCUT2D eigenvalue weighted by Gasteiger charge is 2.15. The smallest absolute Gasteiger partial charge is 0.0730 e. The molecular weight excluding hydrogens is 637 g/mol. The lowest BCUT2D eigenvalue weighted by molar-refractivity contribution is 1.47. The van der Waals surface area contributed by atoms with E-state index in [4.69, 9.17) is 4.99 Å². The lowest BCUT2D eigenvalue weighted by atomic mass is 9.93. The first-order valence-electron chi connectivity index (χ1n) is 17.1. The minimum absolute atomic E-state index is 0.404. The Morgan fingerprint density at radius 1 is 0.510 bits per heavy atom. The zero-order valence-corrected chi connectivity index (χ0v) is 28.6. The average molecular weight is 669 g/mol.